The Bertz CT molecular complexity index is 584. The Morgan fingerprint density at radius 1 is 1.25 bits per heavy atom. The molecule has 2 aliphatic rings. The summed E-state index contributed by atoms with van der Waals surface area (Å²) in [6.07, 6.45) is 5.53. The zero-order chi connectivity index (χ0) is 13.9. The van der Waals surface area contributed by atoms with Crippen molar-refractivity contribution in [3.63, 3.8) is 0 Å². The van der Waals surface area contributed by atoms with Gasteiger partial charge in [-0.25, -0.2) is 4.79 Å². The van der Waals surface area contributed by atoms with Crippen molar-refractivity contribution in [1.82, 2.24) is 4.90 Å². The molecule has 20 heavy (non-hydrogen) atoms. The van der Waals surface area contributed by atoms with Gasteiger partial charge in [0, 0.05) is 24.9 Å². The van der Waals surface area contributed by atoms with Crippen LogP contribution in [0.4, 0.5) is 0 Å². The maximum absolute atomic E-state index is 11.9. The Balaban J connectivity index is 1.90. The van der Waals surface area contributed by atoms with E-state index in [2.05, 4.69) is 10.1 Å². The van der Waals surface area contributed by atoms with Gasteiger partial charge in [0.2, 0.25) is 0 Å². The fourth-order valence-electron chi connectivity index (χ4n) is 2.63. The van der Waals surface area contributed by atoms with Crippen LogP contribution in [0, 0.1) is 6.92 Å². The largest absolute Gasteiger partial charge is 0.377 e. The fraction of sp³-hybridized carbons (Fsp3) is 0.375. The molecule has 3 rings (SSSR count). The fourth-order valence-corrected chi connectivity index (χ4v) is 2.63. The van der Waals surface area contributed by atoms with Gasteiger partial charge in [-0.2, -0.15) is 0 Å². The van der Waals surface area contributed by atoms with E-state index < -0.39 is 0 Å². The van der Waals surface area contributed by atoms with Crippen molar-refractivity contribution in [3.8, 4) is 0 Å². The van der Waals surface area contributed by atoms with E-state index in [1.54, 1.807) is 0 Å². The minimum absolute atomic E-state index is 0.355. The summed E-state index contributed by atoms with van der Waals surface area (Å²) in [6, 6.07) is 7.97. The molecular formula is C16H18N2O2. The number of oxime groups is 1. The molecule has 4 heteroatoms. The van der Waals surface area contributed by atoms with Gasteiger partial charge in [-0.3, -0.25) is 0 Å². The summed E-state index contributed by atoms with van der Waals surface area (Å²) >= 11 is 0. The van der Waals surface area contributed by atoms with E-state index in [9.17, 15) is 4.79 Å². The van der Waals surface area contributed by atoms with Crippen LogP contribution < -0.4 is 0 Å². The normalized spacial score (nSPS) is 21.1. The number of piperidine rings is 1. The molecule has 0 saturated carbocycles. The lowest BCUT2D eigenvalue weighted by Crippen LogP contribution is -2.26. The van der Waals surface area contributed by atoms with Gasteiger partial charge in [-0.05, 0) is 32.3 Å². The van der Waals surface area contributed by atoms with Crippen LogP contribution in [0.2, 0.25) is 0 Å². The Morgan fingerprint density at radius 3 is 2.80 bits per heavy atom. The lowest BCUT2D eigenvalue weighted by atomic mass is 10.0. The van der Waals surface area contributed by atoms with Crippen molar-refractivity contribution < 1.29 is 9.63 Å². The highest BCUT2D eigenvalue weighted by Crippen LogP contribution is 2.20. The van der Waals surface area contributed by atoms with E-state index in [0.29, 0.717) is 11.3 Å². The Kier molecular flexibility index (Phi) is 3.54. The quantitative estimate of drug-likeness (QED) is 0.613. The van der Waals surface area contributed by atoms with Crippen LogP contribution >= 0.6 is 0 Å². The number of nitrogens with zero attached hydrogens (tertiary/aromatic N) is 2. The molecule has 0 amide bonds. The van der Waals surface area contributed by atoms with Crippen molar-refractivity contribution in [1.29, 1.82) is 0 Å². The third-order valence-corrected chi connectivity index (χ3v) is 3.69. The predicted molar refractivity (Wildman–Crippen MR) is 77.3 cm³/mol. The number of benzene rings is 1. The minimum atomic E-state index is -0.355. The van der Waals surface area contributed by atoms with Crippen LogP contribution in [-0.2, 0) is 9.63 Å². The van der Waals surface area contributed by atoms with E-state index in [1.807, 2.05) is 37.4 Å². The zero-order valence-electron chi connectivity index (χ0n) is 11.6. The van der Waals surface area contributed by atoms with Crippen molar-refractivity contribution >= 4 is 11.7 Å². The molecule has 0 atom stereocenters. The maximum Gasteiger partial charge on any atom is 0.369 e. The first-order valence-corrected chi connectivity index (χ1v) is 7.07. The average Bonchev–Trinajstić information content (AvgIpc) is 2.82. The predicted octanol–water partition coefficient (Wildman–Crippen LogP) is 2.63. The molecule has 0 radical (unpaired) electrons. The molecule has 0 aromatic heterocycles. The lowest BCUT2D eigenvalue weighted by molar-refractivity contribution is -0.136. The van der Waals surface area contributed by atoms with E-state index in [4.69, 9.17) is 4.84 Å². The lowest BCUT2D eigenvalue weighted by Gasteiger charge is -2.25. The Morgan fingerprint density at radius 2 is 2.05 bits per heavy atom. The van der Waals surface area contributed by atoms with Gasteiger partial charge in [0.05, 0.1) is 0 Å². The number of rotatable bonds is 2. The first-order chi connectivity index (χ1) is 9.74. The number of aryl methyl sites for hydroxylation is 1. The molecular weight excluding hydrogens is 252 g/mol. The summed E-state index contributed by atoms with van der Waals surface area (Å²) in [7, 11) is 0. The summed E-state index contributed by atoms with van der Waals surface area (Å²) < 4.78 is 0. The molecule has 4 nitrogen and oxygen atoms in total. The summed E-state index contributed by atoms with van der Waals surface area (Å²) in [6.45, 7) is 4.02. The molecule has 1 fully saturated rings. The highest BCUT2D eigenvalue weighted by molar-refractivity contribution is 6.28. The zero-order valence-corrected chi connectivity index (χ0v) is 11.6. The molecule has 0 N–H and O–H groups in total. The van der Waals surface area contributed by atoms with Gasteiger partial charge in [-0.1, -0.05) is 28.9 Å². The van der Waals surface area contributed by atoms with Crippen molar-refractivity contribution in [2.45, 2.75) is 26.2 Å². The van der Waals surface area contributed by atoms with E-state index in [0.717, 1.165) is 24.2 Å². The molecule has 1 aromatic rings. The first kappa shape index (κ1) is 12.9. The average molecular weight is 270 g/mol. The van der Waals surface area contributed by atoms with E-state index >= 15 is 0 Å². The van der Waals surface area contributed by atoms with E-state index in [-0.39, 0.29) is 5.97 Å². The molecule has 0 spiro atoms. The molecule has 0 unspecified atom stereocenters. The minimum Gasteiger partial charge on any atom is -0.377 e. The maximum atomic E-state index is 11.9. The monoisotopic (exact) mass is 270 g/mol. The van der Waals surface area contributed by atoms with Gasteiger partial charge >= 0.3 is 5.97 Å². The Hall–Kier alpha value is -2.10. The number of hydrogen-bond donors (Lipinski definition) is 0. The van der Waals surface area contributed by atoms with Crippen LogP contribution in [-0.4, -0.2) is 29.7 Å². The molecule has 1 saturated heterocycles. The van der Waals surface area contributed by atoms with Crippen LogP contribution in [0.25, 0.3) is 0 Å². The summed E-state index contributed by atoms with van der Waals surface area (Å²) in [4.78, 5) is 18.9. The van der Waals surface area contributed by atoms with Crippen LogP contribution in [0.15, 0.2) is 41.2 Å². The Labute approximate surface area is 118 Å². The summed E-state index contributed by atoms with van der Waals surface area (Å²) in [5.41, 5.74) is 3.28. The summed E-state index contributed by atoms with van der Waals surface area (Å²) in [5, 5.41) is 3.95. The van der Waals surface area contributed by atoms with Crippen LogP contribution in [0.1, 0.15) is 30.4 Å². The number of carbonyl (C=O) groups is 1. The van der Waals surface area contributed by atoms with Crippen molar-refractivity contribution in [3.05, 3.63) is 47.2 Å². The van der Waals surface area contributed by atoms with Crippen LogP contribution in [0.5, 0.6) is 0 Å². The third kappa shape index (κ3) is 2.59. The molecule has 0 aliphatic carbocycles. The van der Waals surface area contributed by atoms with Gasteiger partial charge in [0.1, 0.15) is 11.3 Å². The van der Waals surface area contributed by atoms with Gasteiger partial charge in [0.15, 0.2) is 0 Å². The highest BCUT2D eigenvalue weighted by Gasteiger charge is 2.28. The summed E-state index contributed by atoms with van der Waals surface area (Å²) in [5.74, 6) is -0.355. The van der Waals surface area contributed by atoms with Crippen LogP contribution in [0.3, 0.4) is 0 Å². The number of hydrogen-bond acceptors (Lipinski definition) is 4. The molecule has 104 valence electrons. The van der Waals surface area contributed by atoms with Crippen molar-refractivity contribution in [2.24, 2.45) is 5.16 Å². The molecule has 1 aromatic carbocycles. The third-order valence-electron chi connectivity index (χ3n) is 3.69. The number of likely N-dealkylation sites (tertiary alicyclic amines) is 1. The second-order valence-corrected chi connectivity index (χ2v) is 5.33. The molecule has 0 bridgehead atoms. The second kappa shape index (κ2) is 5.49. The van der Waals surface area contributed by atoms with Gasteiger partial charge in [-0.15, -0.1) is 0 Å². The molecule has 2 heterocycles. The topological polar surface area (TPSA) is 41.9 Å². The smallest absolute Gasteiger partial charge is 0.369 e. The van der Waals surface area contributed by atoms with Gasteiger partial charge in [0.25, 0.3) is 0 Å². The standard InChI is InChI=1S/C16H18N2O2/c1-12-6-5-7-13(10-12)15-14(16(19)20-17-15)11-18-8-3-2-4-9-18/h5-7,10-11H,2-4,8-9H2,1H3/b14-11-. The van der Waals surface area contributed by atoms with Crippen molar-refractivity contribution in [2.75, 3.05) is 13.1 Å². The second-order valence-electron chi connectivity index (χ2n) is 5.33. The van der Waals surface area contributed by atoms with Gasteiger partial charge < -0.3 is 9.74 Å². The SMILES string of the molecule is Cc1cccc(C2=NOC(=O)/C2=C\N2CCCCC2)c1. The highest BCUT2D eigenvalue weighted by atomic mass is 16.7. The van der Waals surface area contributed by atoms with E-state index in [1.165, 1.54) is 19.3 Å². The molecule has 2 aliphatic heterocycles. The number of carbonyl (C=O) groups excluding carboxylic acids is 1. The first-order valence-electron chi connectivity index (χ1n) is 7.07.